The molecular weight excluding hydrogens is 378 g/mol. The van der Waals surface area contributed by atoms with Crippen LogP contribution in [-0.4, -0.2) is 35.6 Å². The van der Waals surface area contributed by atoms with Gasteiger partial charge in [-0.2, -0.15) is 30.7 Å². The number of carbonyl (C=O) groups excluding carboxylic acids is 1. The van der Waals surface area contributed by atoms with Gasteiger partial charge in [0.15, 0.2) is 0 Å². The highest BCUT2D eigenvalue weighted by Crippen LogP contribution is 2.34. The summed E-state index contributed by atoms with van der Waals surface area (Å²) in [6.45, 7) is -0.855. The van der Waals surface area contributed by atoms with Crippen molar-refractivity contribution in [1.82, 2.24) is 4.90 Å². The van der Waals surface area contributed by atoms with E-state index in [4.69, 9.17) is 0 Å². The summed E-state index contributed by atoms with van der Waals surface area (Å²) in [5.74, 6) is -2.82. The van der Waals surface area contributed by atoms with E-state index in [-0.39, 0.29) is 19.3 Å². The number of rotatable bonds is 5. The van der Waals surface area contributed by atoms with Crippen molar-refractivity contribution in [2.75, 3.05) is 0 Å². The standard InChI is InChI=1S/C15H13F8NO2/c16-10-5-4-9(26-15(22,23)13(17)18)6-8(10)7-24-11(14(19,20)21)2-1-3-12(24)25/h4-6,11,13H,1-3,7H2/t11-/m0/s1. The van der Waals surface area contributed by atoms with Gasteiger partial charge in [0.1, 0.15) is 17.6 Å². The molecular formula is C15H13F8NO2. The van der Waals surface area contributed by atoms with Gasteiger partial charge in [-0.05, 0) is 31.0 Å². The number of benzene rings is 1. The smallest absolute Gasteiger partial charge is 0.428 e. The number of amides is 1. The van der Waals surface area contributed by atoms with Crippen LogP contribution in [0, 0.1) is 5.82 Å². The van der Waals surface area contributed by atoms with Gasteiger partial charge >= 0.3 is 18.7 Å². The van der Waals surface area contributed by atoms with Crippen molar-refractivity contribution in [2.45, 2.75) is 50.6 Å². The molecule has 1 atom stereocenters. The molecule has 11 heteroatoms. The predicted octanol–water partition coefficient (Wildman–Crippen LogP) is 4.51. The molecule has 0 saturated carbocycles. The number of nitrogens with zero attached hydrogens (tertiary/aromatic N) is 1. The van der Waals surface area contributed by atoms with Crippen LogP contribution < -0.4 is 4.74 Å². The highest BCUT2D eigenvalue weighted by atomic mass is 19.4. The first-order valence-electron chi connectivity index (χ1n) is 7.41. The lowest BCUT2D eigenvalue weighted by Crippen LogP contribution is -2.50. The SMILES string of the molecule is O=C1CCC[C@@H](C(F)(F)F)N1Cc1cc(OC(F)(F)C(F)F)ccc1F. The highest BCUT2D eigenvalue weighted by Gasteiger charge is 2.47. The molecule has 0 aliphatic carbocycles. The van der Waals surface area contributed by atoms with Gasteiger partial charge < -0.3 is 9.64 Å². The van der Waals surface area contributed by atoms with Gasteiger partial charge in [-0.3, -0.25) is 4.79 Å². The molecule has 1 amide bonds. The van der Waals surface area contributed by atoms with Crippen molar-refractivity contribution >= 4 is 5.91 Å². The molecule has 26 heavy (non-hydrogen) atoms. The molecule has 2 rings (SSSR count). The quantitative estimate of drug-likeness (QED) is 0.692. The summed E-state index contributed by atoms with van der Waals surface area (Å²) >= 11 is 0. The van der Waals surface area contributed by atoms with Crippen LogP contribution in [-0.2, 0) is 11.3 Å². The molecule has 1 aromatic rings. The van der Waals surface area contributed by atoms with E-state index in [0.717, 1.165) is 0 Å². The molecule has 3 nitrogen and oxygen atoms in total. The van der Waals surface area contributed by atoms with E-state index in [0.29, 0.717) is 23.1 Å². The molecule has 0 radical (unpaired) electrons. The summed E-state index contributed by atoms with van der Waals surface area (Å²) in [5, 5.41) is 0. The Balaban J connectivity index is 2.27. The fourth-order valence-electron chi connectivity index (χ4n) is 2.58. The monoisotopic (exact) mass is 391 g/mol. The maximum Gasteiger partial charge on any atom is 0.461 e. The Morgan fingerprint density at radius 3 is 2.42 bits per heavy atom. The number of piperidine rings is 1. The maximum absolute atomic E-state index is 13.9. The average molecular weight is 391 g/mol. The van der Waals surface area contributed by atoms with Crippen LogP contribution in [0.25, 0.3) is 0 Å². The van der Waals surface area contributed by atoms with E-state index in [2.05, 4.69) is 4.74 Å². The van der Waals surface area contributed by atoms with E-state index in [1.165, 1.54) is 0 Å². The third-order valence-electron chi connectivity index (χ3n) is 3.81. The second kappa shape index (κ2) is 7.28. The first kappa shape index (κ1) is 20.2. The van der Waals surface area contributed by atoms with Crippen LogP contribution in [0.2, 0.25) is 0 Å². The van der Waals surface area contributed by atoms with Gasteiger partial charge in [0.25, 0.3) is 0 Å². The van der Waals surface area contributed by atoms with Crippen molar-refractivity contribution < 1.29 is 44.7 Å². The summed E-state index contributed by atoms with van der Waals surface area (Å²) in [4.78, 5) is 12.2. The van der Waals surface area contributed by atoms with Gasteiger partial charge in [-0.1, -0.05) is 0 Å². The second-order valence-corrected chi connectivity index (χ2v) is 5.69. The Kier molecular flexibility index (Phi) is 5.67. The summed E-state index contributed by atoms with van der Waals surface area (Å²) in [5.41, 5.74) is -0.558. The average Bonchev–Trinajstić information content (AvgIpc) is 2.51. The van der Waals surface area contributed by atoms with E-state index in [9.17, 15) is 39.9 Å². The molecule has 1 aliphatic heterocycles. The van der Waals surface area contributed by atoms with Crippen molar-refractivity contribution in [3.63, 3.8) is 0 Å². The lowest BCUT2D eigenvalue weighted by Gasteiger charge is -2.36. The fourth-order valence-corrected chi connectivity index (χ4v) is 2.58. The van der Waals surface area contributed by atoms with E-state index in [1.54, 1.807) is 0 Å². The zero-order valence-corrected chi connectivity index (χ0v) is 13.0. The number of hydrogen-bond donors (Lipinski definition) is 0. The Bertz CT molecular complexity index is 662. The minimum Gasteiger partial charge on any atom is -0.428 e. The van der Waals surface area contributed by atoms with E-state index in [1.807, 2.05) is 0 Å². The van der Waals surface area contributed by atoms with Gasteiger partial charge in [0.05, 0.1) is 0 Å². The minimum absolute atomic E-state index is 0.00571. The Morgan fingerprint density at radius 2 is 1.85 bits per heavy atom. The first-order valence-corrected chi connectivity index (χ1v) is 7.41. The molecule has 1 aromatic carbocycles. The van der Waals surface area contributed by atoms with Crippen LogP contribution in [0.1, 0.15) is 24.8 Å². The summed E-state index contributed by atoms with van der Waals surface area (Å²) in [6.07, 6.45) is -14.3. The summed E-state index contributed by atoms with van der Waals surface area (Å²) in [6, 6.07) is -0.353. The van der Waals surface area contributed by atoms with Crippen molar-refractivity contribution in [2.24, 2.45) is 0 Å². The first-order chi connectivity index (χ1) is 11.9. The molecule has 146 valence electrons. The van der Waals surface area contributed by atoms with Crippen LogP contribution in [0.3, 0.4) is 0 Å². The lowest BCUT2D eigenvalue weighted by molar-refractivity contribution is -0.253. The third-order valence-corrected chi connectivity index (χ3v) is 3.81. The number of carbonyl (C=O) groups is 1. The summed E-state index contributed by atoms with van der Waals surface area (Å²) < 4.78 is 107. The van der Waals surface area contributed by atoms with Gasteiger partial charge in [0, 0.05) is 18.5 Å². The zero-order chi connectivity index (χ0) is 19.7. The molecule has 0 N–H and O–H groups in total. The highest BCUT2D eigenvalue weighted by molar-refractivity contribution is 5.77. The second-order valence-electron chi connectivity index (χ2n) is 5.69. The van der Waals surface area contributed by atoms with Crippen LogP contribution in [0.4, 0.5) is 35.1 Å². The molecule has 0 spiro atoms. The third kappa shape index (κ3) is 4.55. The molecule has 1 heterocycles. The molecule has 1 saturated heterocycles. The van der Waals surface area contributed by atoms with Crippen LogP contribution in [0.15, 0.2) is 18.2 Å². The zero-order valence-electron chi connectivity index (χ0n) is 13.0. The number of hydrogen-bond acceptors (Lipinski definition) is 2. The largest absolute Gasteiger partial charge is 0.461 e. The Morgan fingerprint density at radius 1 is 1.19 bits per heavy atom. The lowest BCUT2D eigenvalue weighted by atomic mass is 10.00. The van der Waals surface area contributed by atoms with Gasteiger partial charge in [-0.25, -0.2) is 4.39 Å². The van der Waals surface area contributed by atoms with Crippen molar-refractivity contribution in [1.29, 1.82) is 0 Å². The number of alkyl halides is 7. The molecule has 0 aromatic heterocycles. The van der Waals surface area contributed by atoms with Crippen LogP contribution in [0.5, 0.6) is 5.75 Å². The van der Waals surface area contributed by atoms with E-state index >= 15 is 0 Å². The molecule has 1 aliphatic rings. The van der Waals surface area contributed by atoms with Crippen molar-refractivity contribution in [3.05, 3.63) is 29.6 Å². The van der Waals surface area contributed by atoms with Crippen LogP contribution >= 0.6 is 0 Å². The predicted molar refractivity (Wildman–Crippen MR) is 72.2 cm³/mol. The number of halogens is 8. The van der Waals surface area contributed by atoms with Crippen molar-refractivity contribution in [3.8, 4) is 5.75 Å². The maximum atomic E-state index is 13.9. The fraction of sp³-hybridized carbons (Fsp3) is 0.533. The minimum atomic E-state index is -4.86. The Labute approximate surface area is 142 Å². The molecule has 0 unspecified atom stereocenters. The number of likely N-dealkylation sites (tertiary alicyclic amines) is 1. The number of ether oxygens (including phenoxy) is 1. The molecule has 0 bridgehead atoms. The normalized spacial score (nSPS) is 19.2. The van der Waals surface area contributed by atoms with Gasteiger partial charge in [-0.15, -0.1) is 0 Å². The van der Waals surface area contributed by atoms with E-state index < -0.39 is 54.3 Å². The van der Waals surface area contributed by atoms with Gasteiger partial charge in [0.2, 0.25) is 5.91 Å². The summed E-state index contributed by atoms with van der Waals surface area (Å²) in [7, 11) is 0. The molecule has 1 fully saturated rings. The Hall–Kier alpha value is -2.07. The topological polar surface area (TPSA) is 29.5 Å².